The molecule has 1 atom stereocenters. The molecule has 0 aromatic rings. The van der Waals surface area contributed by atoms with Gasteiger partial charge in [0.25, 0.3) is 0 Å². The number of esters is 3. The van der Waals surface area contributed by atoms with E-state index in [0.717, 1.165) is 70.6 Å². The van der Waals surface area contributed by atoms with Gasteiger partial charge in [-0.25, -0.2) is 0 Å². The molecule has 0 saturated heterocycles. The summed E-state index contributed by atoms with van der Waals surface area (Å²) < 4.78 is 16.9. The Bertz CT molecular complexity index is 1220. The number of ether oxygens (including phenoxy) is 3. The average molecular weight is 1030 g/mol. The van der Waals surface area contributed by atoms with Crippen LogP contribution in [0.25, 0.3) is 0 Å². The molecule has 0 aliphatic carbocycles. The number of carbonyl (C=O) groups excluding carboxylic acids is 3. The number of hydrogen-bond donors (Lipinski definition) is 0. The van der Waals surface area contributed by atoms with E-state index in [4.69, 9.17) is 14.2 Å². The third-order valence-electron chi connectivity index (χ3n) is 14.6. The second-order valence-electron chi connectivity index (χ2n) is 22.0. The van der Waals surface area contributed by atoms with Crippen molar-refractivity contribution in [3.63, 3.8) is 0 Å². The molecular weight excluding hydrogens is 901 g/mol. The Morgan fingerprint density at radius 1 is 0.274 bits per heavy atom. The summed E-state index contributed by atoms with van der Waals surface area (Å²) in [5, 5.41) is 0. The number of hydrogen-bond acceptors (Lipinski definition) is 6. The molecular formula is C67H124O6. The molecule has 0 aliphatic rings. The predicted molar refractivity (Wildman–Crippen MR) is 316 cm³/mol. The molecule has 0 spiro atoms. The molecule has 0 aliphatic heterocycles. The molecule has 0 aromatic carbocycles. The number of allylic oxidation sites excluding steroid dienone is 6. The highest BCUT2D eigenvalue weighted by Gasteiger charge is 2.19. The highest BCUT2D eigenvalue weighted by Crippen LogP contribution is 2.18. The lowest BCUT2D eigenvalue weighted by Crippen LogP contribution is -2.30. The predicted octanol–water partition coefficient (Wildman–Crippen LogP) is 22.0. The molecule has 1 unspecified atom stereocenters. The van der Waals surface area contributed by atoms with E-state index in [9.17, 15) is 14.4 Å². The fraction of sp³-hybridized carbons (Fsp3) is 0.866. The standard InChI is InChI=1S/C67H124O6/c1-4-7-10-13-16-19-22-24-26-28-30-31-32-33-34-35-37-38-40-42-45-48-51-54-57-60-66(69)72-63-64(62-71-65(68)59-56-53-50-47-44-21-18-15-12-9-6-3)73-67(70)61-58-55-52-49-46-43-41-39-36-29-27-25-23-20-17-14-11-8-5-2/h15,17-18,20,25,27,64H,4-14,16,19,21-24,26,28-63H2,1-3H3/b18-15-,20-17-,27-25-. The van der Waals surface area contributed by atoms with Crippen LogP contribution in [0.3, 0.4) is 0 Å². The summed E-state index contributed by atoms with van der Waals surface area (Å²) in [5.74, 6) is -0.865. The first-order valence-electron chi connectivity index (χ1n) is 32.5. The van der Waals surface area contributed by atoms with Gasteiger partial charge in [0.05, 0.1) is 0 Å². The second-order valence-corrected chi connectivity index (χ2v) is 22.0. The van der Waals surface area contributed by atoms with Gasteiger partial charge in [-0.15, -0.1) is 0 Å². The summed E-state index contributed by atoms with van der Waals surface area (Å²) in [4.78, 5) is 38.2. The highest BCUT2D eigenvalue weighted by atomic mass is 16.6. The van der Waals surface area contributed by atoms with Crippen molar-refractivity contribution in [1.82, 2.24) is 0 Å². The third-order valence-corrected chi connectivity index (χ3v) is 14.6. The zero-order valence-corrected chi connectivity index (χ0v) is 49.2. The number of rotatable bonds is 60. The van der Waals surface area contributed by atoms with E-state index < -0.39 is 6.10 Å². The topological polar surface area (TPSA) is 78.9 Å². The Morgan fingerprint density at radius 2 is 0.507 bits per heavy atom. The van der Waals surface area contributed by atoms with Crippen LogP contribution >= 0.6 is 0 Å². The van der Waals surface area contributed by atoms with Crippen LogP contribution in [0.5, 0.6) is 0 Å². The number of unbranched alkanes of at least 4 members (excludes halogenated alkanes) is 43. The van der Waals surface area contributed by atoms with Gasteiger partial charge in [-0.1, -0.05) is 301 Å². The quantitative estimate of drug-likeness (QED) is 0.0261. The minimum atomic E-state index is -0.775. The van der Waals surface area contributed by atoms with Gasteiger partial charge < -0.3 is 14.2 Å². The summed E-state index contributed by atoms with van der Waals surface area (Å²) in [6, 6.07) is 0. The van der Waals surface area contributed by atoms with Crippen LogP contribution in [-0.2, 0) is 28.6 Å². The van der Waals surface area contributed by atoms with Crippen LogP contribution in [0.2, 0.25) is 0 Å². The average Bonchev–Trinajstić information content (AvgIpc) is 3.39. The van der Waals surface area contributed by atoms with Crippen molar-refractivity contribution < 1.29 is 28.6 Å². The first-order valence-corrected chi connectivity index (χ1v) is 32.5. The van der Waals surface area contributed by atoms with Gasteiger partial charge in [-0.3, -0.25) is 14.4 Å². The maximum Gasteiger partial charge on any atom is 0.306 e. The Kier molecular flexibility index (Phi) is 60.2. The van der Waals surface area contributed by atoms with Gasteiger partial charge in [0.15, 0.2) is 6.10 Å². The van der Waals surface area contributed by atoms with Crippen LogP contribution in [0.1, 0.15) is 355 Å². The van der Waals surface area contributed by atoms with Gasteiger partial charge in [0, 0.05) is 19.3 Å². The molecule has 0 rings (SSSR count). The Hall–Kier alpha value is -2.37. The van der Waals surface area contributed by atoms with Crippen molar-refractivity contribution in [2.45, 2.75) is 361 Å². The van der Waals surface area contributed by atoms with E-state index in [2.05, 4.69) is 57.2 Å². The zero-order chi connectivity index (χ0) is 52.9. The normalized spacial score (nSPS) is 12.2. The SMILES string of the molecule is CCCC/C=C\CCCCCCCC(=O)OCC(COC(=O)CCCCCCCCCCCCCCCCCCCCCCCCCCC)OC(=O)CCCCCCCCCCC/C=C\C/C=C\CCCCC. The van der Waals surface area contributed by atoms with Crippen LogP contribution in [-0.4, -0.2) is 37.2 Å². The van der Waals surface area contributed by atoms with Gasteiger partial charge in [0.1, 0.15) is 13.2 Å². The minimum absolute atomic E-state index is 0.0724. The molecule has 0 fully saturated rings. The highest BCUT2D eigenvalue weighted by molar-refractivity contribution is 5.71. The molecule has 0 amide bonds. The van der Waals surface area contributed by atoms with Crippen LogP contribution in [0.4, 0.5) is 0 Å². The second kappa shape index (κ2) is 62.2. The van der Waals surface area contributed by atoms with Crippen molar-refractivity contribution in [3.8, 4) is 0 Å². The lowest BCUT2D eigenvalue weighted by molar-refractivity contribution is -0.167. The van der Waals surface area contributed by atoms with E-state index >= 15 is 0 Å². The van der Waals surface area contributed by atoms with Crippen molar-refractivity contribution >= 4 is 17.9 Å². The Labute approximate surface area is 455 Å². The first-order chi connectivity index (χ1) is 36.0. The summed E-state index contributed by atoms with van der Waals surface area (Å²) in [6.45, 7) is 6.63. The summed E-state index contributed by atoms with van der Waals surface area (Å²) in [7, 11) is 0. The van der Waals surface area contributed by atoms with Gasteiger partial charge in [0.2, 0.25) is 0 Å². The van der Waals surface area contributed by atoms with Crippen LogP contribution in [0.15, 0.2) is 36.5 Å². The molecule has 0 radical (unpaired) electrons. The van der Waals surface area contributed by atoms with E-state index in [1.807, 2.05) is 0 Å². The Balaban J connectivity index is 4.20. The number of carbonyl (C=O) groups is 3. The largest absolute Gasteiger partial charge is 0.462 e. The molecule has 0 bridgehead atoms. The molecule has 73 heavy (non-hydrogen) atoms. The van der Waals surface area contributed by atoms with Crippen molar-refractivity contribution in [2.24, 2.45) is 0 Å². The van der Waals surface area contributed by atoms with Crippen molar-refractivity contribution in [1.29, 1.82) is 0 Å². The monoisotopic (exact) mass is 1020 g/mol. The molecule has 0 saturated carbocycles. The molecule has 6 heteroatoms. The van der Waals surface area contributed by atoms with Gasteiger partial charge in [-0.2, -0.15) is 0 Å². The maximum atomic E-state index is 12.9. The van der Waals surface area contributed by atoms with Gasteiger partial charge >= 0.3 is 17.9 Å². The maximum absolute atomic E-state index is 12.9. The zero-order valence-electron chi connectivity index (χ0n) is 49.2. The van der Waals surface area contributed by atoms with E-state index in [1.54, 1.807) is 0 Å². The Morgan fingerprint density at radius 3 is 0.836 bits per heavy atom. The summed E-state index contributed by atoms with van der Waals surface area (Å²) >= 11 is 0. The van der Waals surface area contributed by atoms with E-state index in [1.165, 1.54) is 244 Å². The minimum Gasteiger partial charge on any atom is -0.462 e. The van der Waals surface area contributed by atoms with Crippen molar-refractivity contribution in [3.05, 3.63) is 36.5 Å². The van der Waals surface area contributed by atoms with E-state index in [0.29, 0.717) is 19.3 Å². The van der Waals surface area contributed by atoms with Crippen LogP contribution in [0, 0.1) is 0 Å². The van der Waals surface area contributed by atoms with Gasteiger partial charge in [-0.05, 0) is 70.6 Å². The fourth-order valence-corrected chi connectivity index (χ4v) is 9.69. The van der Waals surface area contributed by atoms with Crippen molar-refractivity contribution in [2.75, 3.05) is 13.2 Å². The first kappa shape index (κ1) is 70.6. The molecule has 0 aromatic heterocycles. The molecule has 6 nitrogen and oxygen atoms in total. The molecule has 0 heterocycles. The lowest BCUT2D eigenvalue weighted by atomic mass is 10.0. The van der Waals surface area contributed by atoms with Crippen LogP contribution < -0.4 is 0 Å². The lowest BCUT2D eigenvalue weighted by Gasteiger charge is -2.18. The molecule has 0 N–H and O–H groups in total. The third kappa shape index (κ3) is 60.4. The summed E-state index contributed by atoms with van der Waals surface area (Å²) in [5.41, 5.74) is 0. The molecule has 428 valence electrons. The smallest absolute Gasteiger partial charge is 0.306 e. The van der Waals surface area contributed by atoms with E-state index in [-0.39, 0.29) is 31.1 Å². The summed E-state index contributed by atoms with van der Waals surface area (Å²) in [6.07, 6.45) is 75.9. The fourth-order valence-electron chi connectivity index (χ4n) is 9.69.